The van der Waals surface area contributed by atoms with Gasteiger partial charge in [0.2, 0.25) is 5.91 Å². The molecule has 3 nitrogen and oxygen atoms in total. The lowest BCUT2D eigenvalue weighted by atomic mass is 10.0. The molecule has 2 unspecified atom stereocenters. The van der Waals surface area contributed by atoms with E-state index >= 15 is 0 Å². The Kier molecular flexibility index (Phi) is 5.61. The van der Waals surface area contributed by atoms with Crippen molar-refractivity contribution < 1.29 is 9.53 Å². The van der Waals surface area contributed by atoms with E-state index in [1.165, 1.54) is 0 Å². The Morgan fingerprint density at radius 2 is 2.27 bits per heavy atom. The van der Waals surface area contributed by atoms with E-state index in [0.29, 0.717) is 5.92 Å². The highest BCUT2D eigenvalue weighted by Gasteiger charge is 2.24. The van der Waals surface area contributed by atoms with E-state index in [-0.39, 0.29) is 18.1 Å². The number of rotatable bonds is 4. The molecule has 1 amide bonds. The molecule has 1 heterocycles. The number of alkyl halides is 1. The Hall–Kier alpha value is -0.0900. The van der Waals surface area contributed by atoms with E-state index in [0.717, 1.165) is 31.2 Å². The average Bonchev–Trinajstić information content (AvgIpc) is 2.26. The summed E-state index contributed by atoms with van der Waals surface area (Å²) in [6.45, 7) is 4.93. The molecule has 0 aliphatic carbocycles. The molecule has 0 spiro atoms. The van der Waals surface area contributed by atoms with Gasteiger partial charge in [-0.15, -0.1) is 0 Å². The number of ether oxygens (including phenoxy) is 1. The summed E-state index contributed by atoms with van der Waals surface area (Å²) in [6.07, 6.45) is 2.81. The van der Waals surface area contributed by atoms with Crippen LogP contribution < -0.4 is 5.32 Å². The number of hydrogen-bond donors (Lipinski definition) is 1. The number of nitrogens with one attached hydrogen (secondary N) is 1. The molecule has 15 heavy (non-hydrogen) atoms. The first-order chi connectivity index (χ1) is 7.15. The molecule has 1 N–H and O–H groups in total. The highest BCUT2D eigenvalue weighted by Crippen LogP contribution is 2.14. The minimum absolute atomic E-state index is 0.0489. The molecular formula is C11H20BrNO2. The van der Waals surface area contributed by atoms with Gasteiger partial charge < -0.3 is 10.1 Å². The van der Waals surface area contributed by atoms with E-state index in [9.17, 15) is 4.79 Å². The van der Waals surface area contributed by atoms with Gasteiger partial charge in [-0.2, -0.15) is 0 Å². The van der Waals surface area contributed by atoms with Crippen molar-refractivity contribution in [3.05, 3.63) is 0 Å². The fraction of sp³-hybridized carbons (Fsp3) is 0.909. The summed E-state index contributed by atoms with van der Waals surface area (Å²) >= 11 is 3.41. The van der Waals surface area contributed by atoms with E-state index < -0.39 is 0 Å². The van der Waals surface area contributed by atoms with Crippen molar-refractivity contribution in [3.63, 3.8) is 0 Å². The van der Waals surface area contributed by atoms with E-state index in [1.54, 1.807) is 0 Å². The molecule has 0 aromatic carbocycles. The first kappa shape index (κ1) is 13.0. The molecule has 0 aromatic rings. The Morgan fingerprint density at radius 1 is 1.53 bits per heavy atom. The zero-order valence-electron chi connectivity index (χ0n) is 9.46. The largest absolute Gasteiger partial charge is 0.368 e. The van der Waals surface area contributed by atoms with Crippen LogP contribution in [0.4, 0.5) is 0 Å². The van der Waals surface area contributed by atoms with Crippen molar-refractivity contribution in [2.45, 2.75) is 45.3 Å². The molecule has 1 aliphatic rings. The molecule has 0 radical (unpaired) electrons. The Bertz CT molecular complexity index is 203. The molecule has 0 bridgehead atoms. The van der Waals surface area contributed by atoms with Crippen LogP contribution in [-0.4, -0.2) is 30.0 Å². The lowest BCUT2D eigenvalue weighted by Gasteiger charge is -2.26. The normalized spacial score (nSPS) is 23.9. The zero-order chi connectivity index (χ0) is 11.3. The van der Waals surface area contributed by atoms with Crippen LogP contribution in [0.5, 0.6) is 0 Å². The average molecular weight is 278 g/mol. The lowest BCUT2D eigenvalue weighted by molar-refractivity contribution is -0.136. The molecule has 88 valence electrons. The smallest absolute Gasteiger partial charge is 0.249 e. The molecule has 0 aromatic heterocycles. The van der Waals surface area contributed by atoms with Crippen LogP contribution in [-0.2, 0) is 9.53 Å². The van der Waals surface area contributed by atoms with Gasteiger partial charge in [-0.05, 0) is 25.2 Å². The molecule has 1 saturated heterocycles. The van der Waals surface area contributed by atoms with Crippen molar-refractivity contribution in [1.82, 2.24) is 5.32 Å². The van der Waals surface area contributed by atoms with Gasteiger partial charge in [-0.25, -0.2) is 0 Å². The summed E-state index contributed by atoms with van der Waals surface area (Å²) in [5.41, 5.74) is 0. The predicted octanol–water partition coefficient (Wildman–Crippen LogP) is 2.09. The van der Waals surface area contributed by atoms with Gasteiger partial charge in [0.1, 0.15) is 6.10 Å². The summed E-state index contributed by atoms with van der Waals surface area (Å²) in [4.78, 5) is 11.8. The van der Waals surface area contributed by atoms with E-state index in [1.807, 2.05) is 0 Å². The Labute approximate surface area is 100 Å². The second-order valence-corrected chi connectivity index (χ2v) is 5.02. The molecule has 1 fully saturated rings. The fourth-order valence-corrected chi connectivity index (χ4v) is 2.52. The number of halogens is 1. The molecule has 4 heteroatoms. The fourth-order valence-electron chi connectivity index (χ4n) is 1.61. The van der Waals surface area contributed by atoms with Crippen LogP contribution in [0.25, 0.3) is 0 Å². The first-order valence-electron chi connectivity index (χ1n) is 5.63. The highest BCUT2D eigenvalue weighted by molar-refractivity contribution is 9.09. The third-order valence-corrected chi connectivity index (χ3v) is 3.47. The number of amides is 1. The zero-order valence-corrected chi connectivity index (χ0v) is 11.0. The minimum atomic E-state index is -0.223. The number of carbonyl (C=O) groups excluding carboxylic acids is 1. The molecular weight excluding hydrogens is 258 g/mol. The van der Waals surface area contributed by atoms with Crippen LogP contribution in [0.3, 0.4) is 0 Å². The predicted molar refractivity (Wildman–Crippen MR) is 64.2 cm³/mol. The minimum Gasteiger partial charge on any atom is -0.368 e. The molecule has 1 rings (SSSR count). The summed E-state index contributed by atoms with van der Waals surface area (Å²) < 4.78 is 5.44. The maximum atomic E-state index is 11.8. The molecule has 2 atom stereocenters. The van der Waals surface area contributed by atoms with Gasteiger partial charge >= 0.3 is 0 Å². The topological polar surface area (TPSA) is 38.3 Å². The van der Waals surface area contributed by atoms with Crippen molar-refractivity contribution in [1.29, 1.82) is 0 Å². The van der Waals surface area contributed by atoms with E-state index in [2.05, 4.69) is 35.1 Å². The quantitative estimate of drug-likeness (QED) is 0.800. The van der Waals surface area contributed by atoms with Crippen LogP contribution in [0, 0.1) is 5.92 Å². The summed E-state index contributed by atoms with van der Waals surface area (Å²) in [6, 6.07) is 0.197. The lowest BCUT2D eigenvalue weighted by Crippen LogP contribution is -2.46. The summed E-state index contributed by atoms with van der Waals surface area (Å²) in [7, 11) is 0. The van der Waals surface area contributed by atoms with Gasteiger partial charge in [0.05, 0.1) is 0 Å². The van der Waals surface area contributed by atoms with Crippen molar-refractivity contribution >= 4 is 21.8 Å². The van der Waals surface area contributed by atoms with Gasteiger partial charge in [-0.3, -0.25) is 4.79 Å². The van der Waals surface area contributed by atoms with Crippen molar-refractivity contribution in [3.8, 4) is 0 Å². The maximum Gasteiger partial charge on any atom is 0.249 e. The van der Waals surface area contributed by atoms with E-state index in [4.69, 9.17) is 4.74 Å². The molecule has 1 aliphatic heterocycles. The number of carbonyl (C=O) groups is 1. The Morgan fingerprint density at radius 3 is 2.73 bits per heavy atom. The summed E-state index contributed by atoms with van der Waals surface area (Å²) in [5, 5.41) is 3.82. The van der Waals surface area contributed by atoms with Gasteiger partial charge in [0.25, 0.3) is 0 Å². The second-order valence-electron chi connectivity index (χ2n) is 4.37. The third-order valence-electron chi connectivity index (χ3n) is 2.77. The van der Waals surface area contributed by atoms with Gasteiger partial charge in [-0.1, -0.05) is 29.8 Å². The second kappa shape index (κ2) is 6.48. The van der Waals surface area contributed by atoms with Crippen molar-refractivity contribution in [2.24, 2.45) is 5.92 Å². The standard InChI is InChI=1S/C11H20BrNO2/c1-8(2)9(7-12)13-11(14)10-5-3-4-6-15-10/h8-10H,3-7H2,1-2H3,(H,13,14). The van der Waals surface area contributed by atoms with Crippen LogP contribution in [0.2, 0.25) is 0 Å². The number of hydrogen-bond acceptors (Lipinski definition) is 2. The Balaban J connectivity index is 2.38. The highest BCUT2D eigenvalue weighted by atomic mass is 79.9. The SMILES string of the molecule is CC(C)C(CBr)NC(=O)C1CCCCO1. The van der Waals surface area contributed by atoms with Gasteiger partial charge in [0, 0.05) is 18.0 Å². The van der Waals surface area contributed by atoms with Crippen LogP contribution >= 0.6 is 15.9 Å². The van der Waals surface area contributed by atoms with Crippen molar-refractivity contribution in [2.75, 3.05) is 11.9 Å². The van der Waals surface area contributed by atoms with Crippen LogP contribution in [0.15, 0.2) is 0 Å². The van der Waals surface area contributed by atoms with Gasteiger partial charge in [0.15, 0.2) is 0 Å². The molecule has 0 saturated carbocycles. The third kappa shape index (κ3) is 4.11. The first-order valence-corrected chi connectivity index (χ1v) is 6.75. The maximum absolute atomic E-state index is 11.8. The monoisotopic (exact) mass is 277 g/mol. The van der Waals surface area contributed by atoms with Crippen LogP contribution in [0.1, 0.15) is 33.1 Å². The summed E-state index contributed by atoms with van der Waals surface area (Å²) in [5.74, 6) is 0.491.